The number of carbonyl (C=O) groups is 4. The quantitative estimate of drug-likeness (QED) is 0.104. The Balaban J connectivity index is 5.30. The van der Waals surface area contributed by atoms with Gasteiger partial charge in [0.15, 0.2) is 0 Å². The minimum Gasteiger partial charge on any atom is -0.480 e. The molecule has 0 aliphatic heterocycles. The molecule has 0 heterocycles. The van der Waals surface area contributed by atoms with Crippen LogP contribution in [-0.4, -0.2) is 76.5 Å². The molecule has 0 fully saturated rings. The maximum absolute atomic E-state index is 12.9. The fraction of sp³-hybridized carbons (Fsp3) is 0.789. The summed E-state index contributed by atoms with van der Waals surface area (Å²) in [7, 11) is 0. The lowest BCUT2D eigenvalue weighted by atomic mass is 9.96. The van der Waals surface area contributed by atoms with Crippen LogP contribution in [-0.2, 0) is 19.2 Å². The summed E-state index contributed by atoms with van der Waals surface area (Å²) in [6.07, 6.45) is 1.05. The van der Waals surface area contributed by atoms with Crippen molar-refractivity contribution in [3.8, 4) is 0 Å². The molecule has 0 spiro atoms. The van der Waals surface area contributed by atoms with Gasteiger partial charge in [0.1, 0.15) is 18.1 Å². The minimum absolute atomic E-state index is 0.171. The van der Waals surface area contributed by atoms with Gasteiger partial charge in [-0.1, -0.05) is 26.7 Å². The van der Waals surface area contributed by atoms with Gasteiger partial charge in [0.2, 0.25) is 17.7 Å². The van der Waals surface area contributed by atoms with Gasteiger partial charge < -0.3 is 37.6 Å². The molecule has 0 saturated carbocycles. The molecule has 0 aliphatic carbocycles. The zero-order valence-corrected chi connectivity index (χ0v) is 19.2. The number of carboxylic acids is 1. The van der Waals surface area contributed by atoms with Crippen LogP contribution in [0.1, 0.15) is 46.5 Å². The molecule has 0 aromatic carbocycles. The minimum atomic E-state index is -1.42. The van der Waals surface area contributed by atoms with Crippen molar-refractivity contribution in [2.45, 2.75) is 76.7 Å². The molecule has 0 saturated heterocycles. The van der Waals surface area contributed by atoms with Crippen LogP contribution < -0.4 is 27.4 Å². The Hall–Kier alpha value is -1.89. The average molecular weight is 464 g/mol. The van der Waals surface area contributed by atoms with Gasteiger partial charge in [-0.3, -0.25) is 14.4 Å². The highest BCUT2D eigenvalue weighted by molar-refractivity contribution is 7.80. The van der Waals surface area contributed by atoms with Crippen molar-refractivity contribution in [2.75, 3.05) is 12.3 Å². The molecule has 0 bridgehead atoms. The van der Waals surface area contributed by atoms with Crippen LogP contribution in [0.5, 0.6) is 0 Å². The largest absolute Gasteiger partial charge is 0.480 e. The van der Waals surface area contributed by atoms with E-state index in [4.69, 9.17) is 16.6 Å². The third kappa shape index (κ3) is 10.3. The fourth-order valence-electron chi connectivity index (χ4n) is 2.70. The summed E-state index contributed by atoms with van der Waals surface area (Å²) in [6.45, 7) is 5.36. The fourth-order valence-corrected chi connectivity index (χ4v) is 2.94. The van der Waals surface area contributed by atoms with E-state index in [2.05, 4.69) is 28.6 Å². The van der Waals surface area contributed by atoms with E-state index in [9.17, 15) is 24.3 Å². The molecule has 0 aliphatic rings. The standard InChI is InChI=1S/C19H37N5O6S/c1-4-10(2)14(23-16(26)12(21)7-5-6-8-20)17(27)24-15(11(3)25)18(28)22-13(9-31)19(29)30/h10-15,25,31H,4-9,20-21H2,1-3H3,(H,22,28)(H,23,26)(H,24,27)(H,29,30). The second kappa shape index (κ2) is 15.0. The highest BCUT2D eigenvalue weighted by Gasteiger charge is 2.34. The number of thiol groups is 1. The predicted octanol–water partition coefficient (Wildman–Crippen LogP) is -1.66. The smallest absolute Gasteiger partial charge is 0.327 e. The summed E-state index contributed by atoms with van der Waals surface area (Å²) in [6, 6.07) is -4.51. The Morgan fingerprint density at radius 1 is 0.968 bits per heavy atom. The molecule has 6 unspecified atom stereocenters. The van der Waals surface area contributed by atoms with Crippen LogP contribution in [0.15, 0.2) is 0 Å². The Morgan fingerprint density at radius 2 is 1.52 bits per heavy atom. The van der Waals surface area contributed by atoms with Crippen molar-refractivity contribution < 1.29 is 29.4 Å². The zero-order valence-electron chi connectivity index (χ0n) is 18.3. The lowest BCUT2D eigenvalue weighted by Crippen LogP contribution is -2.61. The first-order valence-corrected chi connectivity index (χ1v) is 11.0. The molecule has 12 heteroatoms. The Labute approximate surface area is 188 Å². The number of nitrogens with two attached hydrogens (primary N) is 2. The maximum Gasteiger partial charge on any atom is 0.327 e. The molecule has 11 nitrogen and oxygen atoms in total. The number of rotatable bonds is 15. The van der Waals surface area contributed by atoms with Gasteiger partial charge in [0, 0.05) is 5.75 Å². The summed E-state index contributed by atoms with van der Waals surface area (Å²) in [5.74, 6) is -3.82. The Bertz CT molecular complexity index is 606. The molecule has 180 valence electrons. The van der Waals surface area contributed by atoms with Crippen LogP contribution in [0, 0.1) is 5.92 Å². The second-order valence-corrected chi connectivity index (χ2v) is 7.94. The van der Waals surface area contributed by atoms with E-state index < -0.39 is 54.0 Å². The predicted molar refractivity (Wildman–Crippen MR) is 119 cm³/mol. The van der Waals surface area contributed by atoms with Gasteiger partial charge in [0.25, 0.3) is 0 Å². The van der Waals surface area contributed by atoms with E-state index in [1.54, 1.807) is 6.92 Å². The van der Waals surface area contributed by atoms with Gasteiger partial charge >= 0.3 is 5.97 Å². The van der Waals surface area contributed by atoms with Crippen LogP contribution >= 0.6 is 12.6 Å². The van der Waals surface area contributed by atoms with Gasteiger partial charge in [-0.15, -0.1) is 0 Å². The molecule has 3 amide bonds. The van der Waals surface area contributed by atoms with Gasteiger partial charge in [0.05, 0.1) is 12.1 Å². The normalized spacial score (nSPS) is 16.9. The average Bonchev–Trinajstić information content (AvgIpc) is 2.72. The first-order chi connectivity index (χ1) is 14.5. The number of aliphatic hydroxyl groups is 1. The van der Waals surface area contributed by atoms with Crippen molar-refractivity contribution >= 4 is 36.3 Å². The Morgan fingerprint density at radius 3 is 1.97 bits per heavy atom. The number of hydrogen-bond acceptors (Lipinski definition) is 8. The number of unbranched alkanes of at least 4 members (excludes halogenated alkanes) is 1. The van der Waals surface area contributed by atoms with Gasteiger partial charge in [-0.2, -0.15) is 12.6 Å². The summed E-state index contributed by atoms with van der Waals surface area (Å²) in [5, 5.41) is 26.3. The molecule has 31 heavy (non-hydrogen) atoms. The number of nitrogens with one attached hydrogen (secondary N) is 3. The van der Waals surface area contributed by atoms with Crippen molar-refractivity contribution in [3.05, 3.63) is 0 Å². The summed E-state index contributed by atoms with van der Waals surface area (Å²) in [4.78, 5) is 48.8. The molecule has 0 aromatic rings. The SMILES string of the molecule is CCC(C)C(NC(=O)C(N)CCCCN)C(=O)NC(C(=O)NC(CS)C(=O)O)C(C)O. The number of aliphatic carboxylic acids is 1. The lowest BCUT2D eigenvalue weighted by molar-refractivity contribution is -0.142. The third-order valence-corrected chi connectivity index (χ3v) is 5.32. The lowest BCUT2D eigenvalue weighted by Gasteiger charge is -2.28. The van der Waals surface area contributed by atoms with Crippen LogP contribution in [0.3, 0.4) is 0 Å². The van der Waals surface area contributed by atoms with Crippen molar-refractivity contribution in [1.82, 2.24) is 16.0 Å². The third-order valence-electron chi connectivity index (χ3n) is 4.96. The topological polar surface area (TPSA) is 197 Å². The summed E-state index contributed by atoms with van der Waals surface area (Å²) >= 11 is 3.87. The van der Waals surface area contributed by atoms with Crippen LogP contribution in [0.25, 0.3) is 0 Å². The summed E-state index contributed by atoms with van der Waals surface area (Å²) in [5.41, 5.74) is 11.3. The van der Waals surface area contributed by atoms with Crippen LogP contribution in [0.4, 0.5) is 0 Å². The number of carboxylic acid groups (broad SMARTS) is 1. The van der Waals surface area contributed by atoms with Gasteiger partial charge in [-0.05, 0) is 32.2 Å². The van der Waals surface area contributed by atoms with E-state index >= 15 is 0 Å². The van der Waals surface area contributed by atoms with Crippen molar-refractivity contribution in [3.63, 3.8) is 0 Å². The molecular formula is C19H37N5O6S. The second-order valence-electron chi connectivity index (χ2n) is 7.57. The van der Waals surface area contributed by atoms with E-state index in [1.807, 2.05) is 6.92 Å². The monoisotopic (exact) mass is 463 g/mol. The Kier molecular flexibility index (Phi) is 14.1. The van der Waals surface area contributed by atoms with E-state index in [0.29, 0.717) is 25.8 Å². The molecular weight excluding hydrogens is 426 g/mol. The zero-order chi connectivity index (χ0) is 24.1. The number of amides is 3. The number of carbonyl (C=O) groups excluding carboxylic acids is 3. The molecule has 6 atom stereocenters. The van der Waals surface area contributed by atoms with Crippen molar-refractivity contribution in [1.29, 1.82) is 0 Å². The molecule has 9 N–H and O–H groups in total. The van der Waals surface area contributed by atoms with E-state index in [0.717, 1.165) is 6.42 Å². The van der Waals surface area contributed by atoms with Crippen LogP contribution in [0.2, 0.25) is 0 Å². The number of aliphatic hydroxyl groups excluding tert-OH is 1. The molecule has 0 radical (unpaired) electrons. The maximum atomic E-state index is 12.9. The van der Waals surface area contributed by atoms with E-state index in [1.165, 1.54) is 6.92 Å². The molecule has 0 aromatic heterocycles. The van der Waals surface area contributed by atoms with Gasteiger partial charge in [-0.25, -0.2) is 4.79 Å². The highest BCUT2D eigenvalue weighted by Crippen LogP contribution is 2.10. The van der Waals surface area contributed by atoms with Crippen molar-refractivity contribution in [2.24, 2.45) is 17.4 Å². The summed E-state index contributed by atoms with van der Waals surface area (Å²) < 4.78 is 0. The highest BCUT2D eigenvalue weighted by atomic mass is 32.1. The van der Waals surface area contributed by atoms with E-state index in [-0.39, 0.29) is 11.7 Å². The molecule has 0 rings (SSSR count). The first-order valence-electron chi connectivity index (χ1n) is 10.4. The number of hydrogen-bond donors (Lipinski definition) is 8. The first kappa shape index (κ1) is 29.1.